The van der Waals surface area contributed by atoms with Crippen molar-refractivity contribution in [2.45, 2.75) is 26.7 Å². The van der Waals surface area contributed by atoms with Gasteiger partial charge in [0.05, 0.1) is 6.54 Å². The summed E-state index contributed by atoms with van der Waals surface area (Å²) in [6.07, 6.45) is 2.21. The third-order valence-corrected chi connectivity index (χ3v) is 3.14. The van der Waals surface area contributed by atoms with Crippen molar-refractivity contribution in [2.24, 2.45) is 5.73 Å². The summed E-state index contributed by atoms with van der Waals surface area (Å²) >= 11 is 0. The number of amides is 1. The number of nitrogens with zero attached hydrogens (tertiary/aromatic N) is 1. The molecular weight excluding hydrogens is 200 g/mol. The van der Waals surface area contributed by atoms with E-state index in [2.05, 4.69) is 30.9 Å². The number of aryl methyl sites for hydroxylation is 2. The second kappa shape index (κ2) is 4.16. The van der Waals surface area contributed by atoms with Crippen molar-refractivity contribution < 1.29 is 4.79 Å². The molecule has 0 saturated carbocycles. The zero-order valence-corrected chi connectivity index (χ0v) is 9.92. The molecule has 0 unspecified atom stereocenters. The van der Waals surface area contributed by atoms with Crippen LogP contribution in [0.1, 0.15) is 23.1 Å². The molecule has 86 valence electrons. The number of carbonyl (C=O) groups excluding carboxylic acids is 1. The van der Waals surface area contributed by atoms with Crippen molar-refractivity contribution in [3.05, 3.63) is 28.8 Å². The van der Waals surface area contributed by atoms with E-state index in [1.54, 1.807) is 0 Å². The maximum Gasteiger partial charge on any atom is 0.236 e. The molecule has 1 aromatic rings. The molecule has 3 heteroatoms. The largest absolute Gasteiger partial charge is 0.368 e. The lowest BCUT2D eigenvalue weighted by atomic mass is 9.95. The molecule has 1 aliphatic rings. The van der Waals surface area contributed by atoms with Crippen LogP contribution in [0.3, 0.4) is 0 Å². The third kappa shape index (κ3) is 2.03. The van der Waals surface area contributed by atoms with E-state index in [0.29, 0.717) is 6.54 Å². The van der Waals surface area contributed by atoms with Crippen LogP contribution in [-0.2, 0) is 11.2 Å². The molecule has 1 amide bonds. The van der Waals surface area contributed by atoms with Crippen molar-refractivity contribution in [1.82, 2.24) is 0 Å². The highest BCUT2D eigenvalue weighted by atomic mass is 16.1. The summed E-state index contributed by atoms with van der Waals surface area (Å²) in [5.74, 6) is -0.257. The van der Waals surface area contributed by atoms with Crippen LogP contribution in [0.4, 0.5) is 5.69 Å². The van der Waals surface area contributed by atoms with E-state index >= 15 is 0 Å². The van der Waals surface area contributed by atoms with Gasteiger partial charge in [-0.15, -0.1) is 0 Å². The minimum absolute atomic E-state index is 0.257. The highest BCUT2D eigenvalue weighted by molar-refractivity contribution is 5.80. The van der Waals surface area contributed by atoms with E-state index in [0.717, 1.165) is 19.4 Å². The summed E-state index contributed by atoms with van der Waals surface area (Å²) in [6, 6.07) is 4.36. The van der Waals surface area contributed by atoms with Crippen molar-refractivity contribution in [3.8, 4) is 0 Å². The Bertz CT molecular complexity index is 426. The number of fused-ring (bicyclic) bond motifs is 1. The molecule has 0 saturated heterocycles. The van der Waals surface area contributed by atoms with E-state index < -0.39 is 0 Å². The maximum absolute atomic E-state index is 11.0. The van der Waals surface area contributed by atoms with Gasteiger partial charge < -0.3 is 10.6 Å². The Morgan fingerprint density at radius 3 is 2.88 bits per heavy atom. The van der Waals surface area contributed by atoms with Gasteiger partial charge in [-0.2, -0.15) is 0 Å². The zero-order chi connectivity index (χ0) is 11.7. The van der Waals surface area contributed by atoms with Crippen LogP contribution in [0.5, 0.6) is 0 Å². The van der Waals surface area contributed by atoms with Gasteiger partial charge in [-0.25, -0.2) is 0 Å². The topological polar surface area (TPSA) is 46.3 Å². The molecule has 2 rings (SSSR count). The monoisotopic (exact) mass is 218 g/mol. The molecule has 0 radical (unpaired) electrons. The molecule has 0 aromatic heterocycles. The number of nitrogens with two attached hydrogens (primary N) is 1. The smallest absolute Gasteiger partial charge is 0.236 e. The zero-order valence-electron chi connectivity index (χ0n) is 9.92. The molecule has 1 heterocycles. The first-order valence-corrected chi connectivity index (χ1v) is 5.71. The van der Waals surface area contributed by atoms with E-state index in [9.17, 15) is 4.79 Å². The van der Waals surface area contributed by atoms with Crippen LogP contribution >= 0.6 is 0 Å². The Balaban J connectivity index is 2.41. The van der Waals surface area contributed by atoms with Crippen LogP contribution < -0.4 is 10.6 Å². The first-order valence-electron chi connectivity index (χ1n) is 5.71. The summed E-state index contributed by atoms with van der Waals surface area (Å²) in [6.45, 7) is 5.48. The molecule has 0 atom stereocenters. The third-order valence-electron chi connectivity index (χ3n) is 3.14. The predicted molar refractivity (Wildman–Crippen MR) is 65.6 cm³/mol. The normalized spacial score (nSPS) is 14.8. The van der Waals surface area contributed by atoms with Crippen molar-refractivity contribution in [3.63, 3.8) is 0 Å². The molecule has 0 aliphatic carbocycles. The second-order valence-electron chi connectivity index (χ2n) is 4.57. The highest BCUT2D eigenvalue weighted by Gasteiger charge is 2.19. The minimum atomic E-state index is -0.257. The second-order valence-corrected chi connectivity index (χ2v) is 4.57. The minimum Gasteiger partial charge on any atom is -0.368 e. The fourth-order valence-electron chi connectivity index (χ4n) is 2.50. The molecule has 0 bridgehead atoms. The molecular formula is C13H18N2O. The highest BCUT2D eigenvalue weighted by Crippen LogP contribution is 2.30. The van der Waals surface area contributed by atoms with E-state index in [4.69, 9.17) is 5.73 Å². The Labute approximate surface area is 96.2 Å². The van der Waals surface area contributed by atoms with E-state index in [1.807, 2.05) is 0 Å². The van der Waals surface area contributed by atoms with Gasteiger partial charge in [0, 0.05) is 12.2 Å². The van der Waals surface area contributed by atoms with Gasteiger partial charge in [0.15, 0.2) is 0 Å². The SMILES string of the molecule is Cc1cc(C)c2c(c1)N(CC(N)=O)CCC2. The number of primary amides is 1. The van der Waals surface area contributed by atoms with Gasteiger partial charge in [0.1, 0.15) is 0 Å². The number of rotatable bonds is 2. The number of benzene rings is 1. The first kappa shape index (κ1) is 11.0. The number of carbonyl (C=O) groups is 1. The average molecular weight is 218 g/mol. The summed E-state index contributed by atoms with van der Waals surface area (Å²) in [7, 11) is 0. The lowest BCUT2D eigenvalue weighted by Gasteiger charge is -2.31. The first-order chi connectivity index (χ1) is 7.58. The number of anilines is 1. The Hall–Kier alpha value is -1.51. The van der Waals surface area contributed by atoms with Gasteiger partial charge in [0.25, 0.3) is 0 Å². The molecule has 1 aliphatic heterocycles. The van der Waals surface area contributed by atoms with Gasteiger partial charge >= 0.3 is 0 Å². The van der Waals surface area contributed by atoms with Gasteiger partial charge in [-0.3, -0.25) is 4.79 Å². The quantitative estimate of drug-likeness (QED) is 0.818. The number of hydrogen-bond acceptors (Lipinski definition) is 2. The fraction of sp³-hybridized carbons (Fsp3) is 0.462. The molecule has 0 fully saturated rings. The molecule has 2 N–H and O–H groups in total. The van der Waals surface area contributed by atoms with Crippen molar-refractivity contribution in [1.29, 1.82) is 0 Å². The average Bonchev–Trinajstić information content (AvgIpc) is 2.18. The van der Waals surface area contributed by atoms with Crippen molar-refractivity contribution in [2.75, 3.05) is 18.0 Å². The standard InChI is InChI=1S/C13H18N2O/c1-9-6-10(2)11-4-3-5-15(8-13(14)16)12(11)7-9/h6-7H,3-5,8H2,1-2H3,(H2,14,16). The van der Waals surface area contributed by atoms with Gasteiger partial charge in [0.2, 0.25) is 5.91 Å². The predicted octanol–water partition coefficient (Wildman–Crippen LogP) is 1.54. The summed E-state index contributed by atoms with van der Waals surface area (Å²) in [4.78, 5) is 13.1. The maximum atomic E-state index is 11.0. The summed E-state index contributed by atoms with van der Waals surface area (Å²) < 4.78 is 0. The van der Waals surface area contributed by atoms with Crippen LogP contribution in [0.25, 0.3) is 0 Å². The summed E-state index contributed by atoms with van der Waals surface area (Å²) in [5, 5.41) is 0. The molecule has 3 nitrogen and oxygen atoms in total. The fourth-order valence-corrected chi connectivity index (χ4v) is 2.50. The van der Waals surface area contributed by atoms with Crippen molar-refractivity contribution >= 4 is 11.6 Å². The molecule has 16 heavy (non-hydrogen) atoms. The van der Waals surface area contributed by atoms with Crippen LogP contribution in [0.15, 0.2) is 12.1 Å². The lowest BCUT2D eigenvalue weighted by molar-refractivity contribution is -0.116. The Kier molecular flexibility index (Phi) is 2.86. The Morgan fingerprint density at radius 1 is 1.44 bits per heavy atom. The Morgan fingerprint density at radius 2 is 2.19 bits per heavy atom. The van der Waals surface area contributed by atoms with E-state index in [1.165, 1.54) is 22.4 Å². The van der Waals surface area contributed by atoms with Gasteiger partial charge in [-0.1, -0.05) is 6.07 Å². The van der Waals surface area contributed by atoms with Crippen LogP contribution in [0, 0.1) is 13.8 Å². The molecule has 1 aromatic carbocycles. The van der Waals surface area contributed by atoms with Crippen LogP contribution in [-0.4, -0.2) is 19.0 Å². The van der Waals surface area contributed by atoms with Crippen LogP contribution in [0.2, 0.25) is 0 Å². The summed E-state index contributed by atoms with van der Waals surface area (Å²) in [5.41, 5.74) is 10.4. The lowest BCUT2D eigenvalue weighted by Crippen LogP contribution is -2.37. The van der Waals surface area contributed by atoms with E-state index in [-0.39, 0.29) is 5.91 Å². The number of hydrogen-bond donors (Lipinski definition) is 1. The molecule has 0 spiro atoms. The van der Waals surface area contributed by atoms with Gasteiger partial charge in [-0.05, 0) is 49.4 Å².